The second-order valence-electron chi connectivity index (χ2n) is 6.97. The number of carbonyl (C=O) groups excluding carboxylic acids is 1. The van der Waals surface area contributed by atoms with Crippen LogP contribution in [-0.4, -0.2) is 54.0 Å². The highest BCUT2D eigenvalue weighted by Gasteiger charge is 2.57. The first-order valence-electron chi connectivity index (χ1n) is 8.28. The Hall–Kier alpha value is -0.820. The van der Waals surface area contributed by atoms with Gasteiger partial charge in [0.05, 0.1) is 10.8 Å². The van der Waals surface area contributed by atoms with Gasteiger partial charge >= 0.3 is 0 Å². The van der Waals surface area contributed by atoms with Gasteiger partial charge < -0.3 is 4.90 Å². The Kier molecular flexibility index (Phi) is 4.86. The van der Waals surface area contributed by atoms with Crippen molar-refractivity contribution < 1.29 is 13.2 Å². The van der Waals surface area contributed by atoms with Crippen molar-refractivity contribution in [1.29, 1.82) is 0 Å². The third-order valence-electron chi connectivity index (χ3n) is 4.88. The smallest absolute Gasteiger partial charge is 0.243 e. The van der Waals surface area contributed by atoms with Crippen molar-refractivity contribution in [2.75, 3.05) is 26.2 Å². The molecule has 1 amide bonds. The molecule has 0 aromatic heterocycles. The van der Waals surface area contributed by atoms with Crippen molar-refractivity contribution in [3.05, 3.63) is 28.8 Å². The summed E-state index contributed by atoms with van der Waals surface area (Å²) in [4.78, 5) is 14.4. The number of carbonyl (C=O) groups is 1. The molecule has 138 valence electrons. The van der Waals surface area contributed by atoms with E-state index in [2.05, 4.69) is 0 Å². The number of nitrogens with zero attached hydrogens (tertiary/aromatic N) is 2. The van der Waals surface area contributed by atoms with Gasteiger partial charge in [-0.2, -0.15) is 4.31 Å². The summed E-state index contributed by atoms with van der Waals surface area (Å²) in [5.74, 6) is -0.440. The molecule has 1 saturated heterocycles. The molecule has 0 unspecified atom stereocenters. The highest BCUT2D eigenvalue weighted by molar-refractivity contribution is 7.89. The van der Waals surface area contributed by atoms with Crippen molar-refractivity contribution in [2.45, 2.75) is 36.4 Å². The molecule has 3 rings (SSSR count). The highest BCUT2D eigenvalue weighted by Crippen LogP contribution is 2.54. The van der Waals surface area contributed by atoms with Crippen LogP contribution in [0.15, 0.2) is 17.0 Å². The van der Waals surface area contributed by atoms with Crippen LogP contribution in [0.4, 0.5) is 0 Å². The fourth-order valence-corrected chi connectivity index (χ4v) is 5.88. The molecule has 0 N–H and O–H groups in total. The summed E-state index contributed by atoms with van der Waals surface area (Å²) in [6, 6.07) is 3.76. The van der Waals surface area contributed by atoms with E-state index in [0.29, 0.717) is 24.4 Å². The van der Waals surface area contributed by atoms with Crippen LogP contribution in [0.2, 0.25) is 0 Å². The maximum Gasteiger partial charge on any atom is 0.243 e. The number of hydrogen-bond acceptors (Lipinski definition) is 3. The van der Waals surface area contributed by atoms with Gasteiger partial charge in [0.25, 0.3) is 0 Å². The molecule has 0 radical (unpaired) electrons. The van der Waals surface area contributed by atoms with E-state index < -0.39 is 14.4 Å². The summed E-state index contributed by atoms with van der Waals surface area (Å²) in [5, 5.41) is 0. The lowest BCUT2D eigenvalue weighted by Gasteiger charge is -2.34. The summed E-state index contributed by atoms with van der Waals surface area (Å²) in [6.45, 7) is 6.88. The van der Waals surface area contributed by atoms with Gasteiger partial charge in [-0.3, -0.25) is 4.79 Å². The molecular weight excluding hydrogens is 383 g/mol. The molecule has 1 aliphatic heterocycles. The summed E-state index contributed by atoms with van der Waals surface area (Å²) in [5.41, 5.74) is 2.55. The normalized spacial score (nSPS) is 23.6. The number of hydrogen-bond donors (Lipinski definition) is 0. The number of sulfonamides is 1. The second kappa shape index (κ2) is 6.41. The first-order valence-corrected chi connectivity index (χ1v) is 10.5. The van der Waals surface area contributed by atoms with Crippen LogP contribution >= 0.6 is 23.2 Å². The topological polar surface area (TPSA) is 57.7 Å². The van der Waals surface area contributed by atoms with Gasteiger partial charge in [0.2, 0.25) is 15.9 Å². The van der Waals surface area contributed by atoms with Gasteiger partial charge in [-0.25, -0.2) is 8.42 Å². The number of benzene rings is 1. The molecule has 5 nitrogen and oxygen atoms in total. The SMILES string of the molecule is Cc1cc(C)c(S(=O)(=O)N2CCN(C(=O)[C@H]3CC3(Cl)Cl)CC2)c(C)c1. The molecule has 1 atom stereocenters. The Balaban J connectivity index is 1.73. The van der Waals surface area contributed by atoms with E-state index in [1.165, 1.54) is 4.31 Å². The minimum atomic E-state index is -3.57. The predicted octanol–water partition coefficient (Wildman–Crippen LogP) is 2.64. The van der Waals surface area contributed by atoms with Crippen LogP contribution < -0.4 is 0 Å². The first-order chi connectivity index (χ1) is 11.5. The third kappa shape index (κ3) is 3.54. The lowest BCUT2D eigenvalue weighted by Crippen LogP contribution is -2.51. The number of piperazine rings is 1. The zero-order valence-corrected chi connectivity index (χ0v) is 16.9. The fourth-order valence-electron chi connectivity index (χ4n) is 3.55. The summed E-state index contributed by atoms with van der Waals surface area (Å²) >= 11 is 11.9. The van der Waals surface area contributed by atoms with E-state index in [-0.39, 0.29) is 24.9 Å². The molecule has 0 spiro atoms. The third-order valence-corrected chi connectivity index (χ3v) is 7.92. The van der Waals surface area contributed by atoms with Crippen LogP contribution in [0.3, 0.4) is 0 Å². The largest absolute Gasteiger partial charge is 0.340 e. The standard InChI is InChI=1S/C17H22Cl2N2O3S/c1-11-8-12(2)15(13(3)9-11)25(23,24)21-6-4-20(5-7-21)16(22)14-10-17(14,18)19/h8-9,14H,4-7,10H2,1-3H3/t14-/m1/s1. The Morgan fingerprint density at radius 3 is 2.00 bits per heavy atom. The van der Waals surface area contributed by atoms with Gasteiger partial charge in [-0.05, 0) is 38.3 Å². The minimum Gasteiger partial charge on any atom is -0.340 e. The number of aryl methyl sites for hydroxylation is 3. The molecule has 2 aliphatic rings. The molecule has 2 fully saturated rings. The molecule has 1 aromatic carbocycles. The van der Waals surface area contributed by atoms with Crippen LogP contribution in [0.25, 0.3) is 0 Å². The van der Waals surface area contributed by atoms with Gasteiger partial charge in [0.1, 0.15) is 4.33 Å². The van der Waals surface area contributed by atoms with E-state index in [9.17, 15) is 13.2 Å². The molecule has 25 heavy (non-hydrogen) atoms. The Morgan fingerprint density at radius 1 is 1.08 bits per heavy atom. The van der Waals surface area contributed by atoms with Crippen LogP contribution in [0.1, 0.15) is 23.1 Å². The predicted molar refractivity (Wildman–Crippen MR) is 98.5 cm³/mol. The maximum absolute atomic E-state index is 13.0. The quantitative estimate of drug-likeness (QED) is 0.727. The molecule has 1 aromatic rings. The van der Waals surface area contributed by atoms with E-state index >= 15 is 0 Å². The molecule has 1 heterocycles. The molecule has 1 aliphatic carbocycles. The zero-order chi connectivity index (χ0) is 18.6. The Labute approximate surface area is 158 Å². The van der Waals surface area contributed by atoms with Crippen molar-refractivity contribution in [2.24, 2.45) is 5.92 Å². The highest BCUT2D eigenvalue weighted by atomic mass is 35.5. The summed E-state index contributed by atoms with van der Waals surface area (Å²) < 4.78 is 26.6. The van der Waals surface area contributed by atoms with E-state index in [0.717, 1.165) is 16.7 Å². The van der Waals surface area contributed by atoms with Crippen LogP contribution in [0, 0.1) is 26.7 Å². The van der Waals surface area contributed by atoms with Gasteiger partial charge in [0, 0.05) is 26.2 Å². The maximum atomic E-state index is 13.0. The van der Waals surface area contributed by atoms with Crippen LogP contribution in [-0.2, 0) is 14.8 Å². The minimum absolute atomic E-state index is 0.0789. The summed E-state index contributed by atoms with van der Waals surface area (Å²) in [7, 11) is -3.57. The second-order valence-corrected chi connectivity index (χ2v) is 10.4. The van der Waals surface area contributed by atoms with E-state index in [4.69, 9.17) is 23.2 Å². The average Bonchev–Trinajstić information content (AvgIpc) is 3.14. The number of rotatable bonds is 3. The Morgan fingerprint density at radius 2 is 1.56 bits per heavy atom. The molecule has 8 heteroatoms. The van der Waals surface area contributed by atoms with Crippen molar-refractivity contribution in [3.8, 4) is 0 Å². The van der Waals surface area contributed by atoms with Crippen molar-refractivity contribution in [1.82, 2.24) is 9.21 Å². The monoisotopic (exact) mass is 404 g/mol. The molecular formula is C17H22Cl2N2O3S. The van der Waals surface area contributed by atoms with Gasteiger partial charge in [-0.1, -0.05) is 17.7 Å². The number of halogens is 2. The molecule has 0 bridgehead atoms. The lowest BCUT2D eigenvalue weighted by molar-refractivity contribution is -0.133. The van der Waals surface area contributed by atoms with E-state index in [1.54, 1.807) is 4.90 Å². The lowest BCUT2D eigenvalue weighted by atomic mass is 10.1. The first kappa shape index (κ1) is 19.0. The molecule has 1 saturated carbocycles. The van der Waals surface area contributed by atoms with Crippen molar-refractivity contribution in [3.63, 3.8) is 0 Å². The van der Waals surface area contributed by atoms with Crippen LogP contribution in [0.5, 0.6) is 0 Å². The number of amides is 1. The van der Waals surface area contributed by atoms with Crippen molar-refractivity contribution >= 4 is 39.1 Å². The zero-order valence-electron chi connectivity index (χ0n) is 14.6. The average molecular weight is 405 g/mol. The number of alkyl halides is 2. The summed E-state index contributed by atoms with van der Waals surface area (Å²) in [6.07, 6.45) is 0.467. The Bertz CT molecular complexity index is 792. The van der Waals surface area contributed by atoms with Gasteiger partial charge in [-0.15, -0.1) is 23.2 Å². The van der Waals surface area contributed by atoms with Gasteiger partial charge in [0.15, 0.2) is 0 Å². The fraction of sp³-hybridized carbons (Fsp3) is 0.588. The van der Waals surface area contributed by atoms with E-state index in [1.807, 2.05) is 32.9 Å².